The molecule has 4 unspecified atom stereocenters. The average molecular weight is 819 g/mol. The van der Waals surface area contributed by atoms with E-state index in [1.165, 1.54) is 0 Å². The molecule has 0 aliphatic carbocycles. The van der Waals surface area contributed by atoms with E-state index in [2.05, 4.69) is 132 Å². The molecule has 0 aromatic rings. The van der Waals surface area contributed by atoms with E-state index >= 15 is 0 Å². The maximum absolute atomic E-state index is 14.8. The molecule has 0 aromatic carbocycles. The molecule has 0 aromatic heterocycles. The van der Waals surface area contributed by atoms with Gasteiger partial charge < -0.3 is 40.2 Å². The normalized spacial score (nSPS) is 31.6. The summed E-state index contributed by atoms with van der Waals surface area (Å²) in [6.07, 6.45) is 3.56. The van der Waals surface area contributed by atoms with E-state index in [0.29, 0.717) is 51.4 Å². The summed E-state index contributed by atoms with van der Waals surface area (Å²) in [6, 6.07) is 0. The molecular formula is C46H82N4O8. The molecule has 334 valence electrons. The molecule has 4 rings (SSSR count). The second-order valence-electron chi connectivity index (χ2n) is 23.2. The molecule has 4 heterocycles. The van der Waals surface area contributed by atoms with Crippen molar-refractivity contribution in [1.82, 2.24) is 21.3 Å². The minimum Gasteiger partial charge on any atom is -0.462 e. The first-order valence-corrected chi connectivity index (χ1v) is 22.2. The highest BCUT2D eigenvalue weighted by Gasteiger charge is 2.48. The summed E-state index contributed by atoms with van der Waals surface area (Å²) in [5, 5.41) is 14.7. The second-order valence-corrected chi connectivity index (χ2v) is 23.2. The molecule has 4 fully saturated rings. The highest BCUT2D eigenvalue weighted by atomic mass is 16.6. The van der Waals surface area contributed by atoms with E-state index in [9.17, 15) is 19.2 Å². The van der Waals surface area contributed by atoms with Crippen LogP contribution in [0, 0.1) is 11.8 Å². The maximum Gasteiger partial charge on any atom is 0.310 e. The Kier molecular flexibility index (Phi) is 14.4. The first-order valence-electron chi connectivity index (χ1n) is 22.2. The predicted molar refractivity (Wildman–Crippen MR) is 227 cm³/mol. The first kappa shape index (κ1) is 48.4. The van der Waals surface area contributed by atoms with Crippen molar-refractivity contribution in [1.29, 1.82) is 0 Å². The van der Waals surface area contributed by atoms with Gasteiger partial charge in [0.2, 0.25) is 0 Å². The van der Waals surface area contributed by atoms with Gasteiger partial charge in [0.15, 0.2) is 0 Å². The number of esters is 4. The van der Waals surface area contributed by atoms with Gasteiger partial charge in [-0.1, -0.05) is 13.8 Å². The van der Waals surface area contributed by atoms with Crippen molar-refractivity contribution in [3.05, 3.63) is 0 Å². The number of rotatable bonds is 13. The van der Waals surface area contributed by atoms with E-state index in [1.807, 2.05) is 0 Å². The zero-order chi connectivity index (χ0) is 43.9. The van der Waals surface area contributed by atoms with Crippen LogP contribution in [0.3, 0.4) is 0 Å². The summed E-state index contributed by atoms with van der Waals surface area (Å²) in [5.74, 6) is -5.30. The molecule has 4 N–H and O–H groups in total. The highest BCUT2D eigenvalue weighted by molar-refractivity contribution is 5.88. The number of carbonyl (C=O) groups is 4. The van der Waals surface area contributed by atoms with E-state index in [0.717, 1.165) is 12.8 Å². The van der Waals surface area contributed by atoms with Gasteiger partial charge in [-0.25, -0.2) is 0 Å². The van der Waals surface area contributed by atoms with Crippen LogP contribution in [-0.2, 0) is 38.1 Å². The number of piperidine rings is 4. The molecule has 0 radical (unpaired) electrons. The zero-order valence-corrected chi connectivity index (χ0v) is 39.2. The van der Waals surface area contributed by atoms with Gasteiger partial charge in [-0.2, -0.15) is 0 Å². The van der Waals surface area contributed by atoms with Crippen LogP contribution in [0.4, 0.5) is 0 Å². The van der Waals surface area contributed by atoms with E-state index in [-0.39, 0.29) is 44.3 Å². The SMILES string of the molecule is CCC1(C)CC(OC(=O)C(CC(=O)OC2CC(C)(C)NC(C)(C)C2)C(CC(=O)OC2CC(C)(C)NC(C)(C)C2)C(=O)OC2CC(C)(C)NC(C)(C)C2)CC(C)(CC)N1. The fourth-order valence-electron chi connectivity index (χ4n) is 11.5. The van der Waals surface area contributed by atoms with Crippen molar-refractivity contribution >= 4 is 23.9 Å². The average Bonchev–Trinajstić information content (AvgIpc) is 2.97. The smallest absolute Gasteiger partial charge is 0.310 e. The third-order valence-corrected chi connectivity index (χ3v) is 13.0. The Balaban J connectivity index is 1.70. The molecule has 0 amide bonds. The molecule has 12 heteroatoms. The molecule has 0 spiro atoms. The fourth-order valence-corrected chi connectivity index (χ4v) is 11.5. The zero-order valence-electron chi connectivity index (χ0n) is 39.2. The van der Waals surface area contributed by atoms with Crippen LogP contribution in [0.2, 0.25) is 0 Å². The molecule has 0 saturated carbocycles. The van der Waals surface area contributed by atoms with Gasteiger partial charge in [-0.3, -0.25) is 19.2 Å². The lowest BCUT2D eigenvalue weighted by atomic mass is 9.76. The van der Waals surface area contributed by atoms with Crippen molar-refractivity contribution in [2.45, 2.75) is 257 Å². The lowest BCUT2D eigenvalue weighted by Gasteiger charge is -2.49. The summed E-state index contributed by atoms with van der Waals surface area (Å²) in [4.78, 5) is 57.7. The minimum absolute atomic E-state index is 0.288. The van der Waals surface area contributed by atoms with Gasteiger partial charge in [0.25, 0.3) is 0 Å². The van der Waals surface area contributed by atoms with Gasteiger partial charge in [0, 0.05) is 95.7 Å². The Hall–Kier alpha value is -2.28. The van der Waals surface area contributed by atoms with Crippen molar-refractivity contribution in [3.63, 3.8) is 0 Å². The van der Waals surface area contributed by atoms with Crippen LogP contribution >= 0.6 is 0 Å². The highest BCUT2D eigenvalue weighted by Crippen LogP contribution is 2.38. The summed E-state index contributed by atoms with van der Waals surface area (Å²) in [7, 11) is 0. The van der Waals surface area contributed by atoms with Gasteiger partial charge in [0.1, 0.15) is 24.4 Å². The standard InChI is InChI=1S/C46H82N4O8/c1-17-45(15)27-32(28-46(16,18-2)50-45)58-38(54)34(20-36(52)56-30-23-41(7,8)48-42(9,10)24-30)33(37(53)57-31-25-43(11,12)49-44(13,14)26-31)19-35(51)55-29-21-39(3,4)47-40(5,6)22-29/h29-34,47-50H,17-28H2,1-16H3. The topological polar surface area (TPSA) is 153 Å². The van der Waals surface area contributed by atoms with Gasteiger partial charge in [0.05, 0.1) is 24.7 Å². The van der Waals surface area contributed by atoms with Crippen LogP contribution in [0.25, 0.3) is 0 Å². The molecule has 4 saturated heterocycles. The Morgan fingerprint density at radius 1 is 0.414 bits per heavy atom. The number of carbonyl (C=O) groups excluding carboxylic acids is 4. The maximum atomic E-state index is 14.8. The van der Waals surface area contributed by atoms with Crippen molar-refractivity contribution in [2.75, 3.05) is 0 Å². The second kappa shape index (κ2) is 17.2. The van der Waals surface area contributed by atoms with Crippen molar-refractivity contribution in [2.24, 2.45) is 11.8 Å². The number of ether oxygens (including phenoxy) is 4. The molecule has 0 bridgehead atoms. The Morgan fingerprint density at radius 2 is 0.655 bits per heavy atom. The molecule has 58 heavy (non-hydrogen) atoms. The Bertz CT molecular complexity index is 1440. The van der Waals surface area contributed by atoms with Crippen molar-refractivity contribution < 1.29 is 38.1 Å². The lowest BCUT2D eigenvalue weighted by Crippen LogP contribution is -2.62. The number of hydrogen-bond donors (Lipinski definition) is 4. The Labute approximate surface area is 350 Å². The third-order valence-electron chi connectivity index (χ3n) is 13.0. The molecule has 12 nitrogen and oxygen atoms in total. The molecule has 4 aliphatic heterocycles. The van der Waals surface area contributed by atoms with Crippen LogP contribution < -0.4 is 21.3 Å². The first-order chi connectivity index (χ1) is 26.3. The van der Waals surface area contributed by atoms with E-state index < -0.39 is 73.0 Å². The van der Waals surface area contributed by atoms with Crippen LogP contribution in [0.1, 0.15) is 188 Å². The fraction of sp³-hybridized carbons (Fsp3) is 0.913. The van der Waals surface area contributed by atoms with Crippen LogP contribution in [-0.4, -0.2) is 92.6 Å². The lowest BCUT2D eigenvalue weighted by molar-refractivity contribution is -0.178. The largest absolute Gasteiger partial charge is 0.462 e. The van der Waals surface area contributed by atoms with Crippen LogP contribution in [0.5, 0.6) is 0 Å². The van der Waals surface area contributed by atoms with E-state index in [1.54, 1.807) is 0 Å². The minimum atomic E-state index is -1.34. The van der Waals surface area contributed by atoms with E-state index in [4.69, 9.17) is 18.9 Å². The number of nitrogens with one attached hydrogen (secondary N) is 4. The quantitative estimate of drug-likeness (QED) is 0.110. The van der Waals surface area contributed by atoms with Crippen LogP contribution in [0.15, 0.2) is 0 Å². The number of hydrogen-bond acceptors (Lipinski definition) is 12. The van der Waals surface area contributed by atoms with Gasteiger partial charge in [-0.15, -0.1) is 0 Å². The molecule has 4 atom stereocenters. The summed E-state index contributed by atoms with van der Waals surface area (Å²) in [6.45, 7) is 33.4. The van der Waals surface area contributed by atoms with Gasteiger partial charge >= 0.3 is 23.9 Å². The summed E-state index contributed by atoms with van der Waals surface area (Å²) >= 11 is 0. The predicted octanol–water partition coefficient (Wildman–Crippen LogP) is 7.19. The van der Waals surface area contributed by atoms with Crippen molar-refractivity contribution in [3.8, 4) is 0 Å². The summed E-state index contributed by atoms with van der Waals surface area (Å²) < 4.78 is 25.0. The monoisotopic (exact) mass is 819 g/mol. The third kappa shape index (κ3) is 13.9. The summed E-state index contributed by atoms with van der Waals surface area (Å²) in [5.41, 5.74) is -2.40. The Morgan fingerprint density at radius 3 is 0.914 bits per heavy atom. The molecular weight excluding hydrogens is 737 g/mol. The molecule has 4 aliphatic rings. The van der Waals surface area contributed by atoms with Gasteiger partial charge in [-0.05, 0) is 110 Å².